The van der Waals surface area contributed by atoms with Gasteiger partial charge in [0.2, 0.25) is 0 Å². The predicted molar refractivity (Wildman–Crippen MR) is 94.3 cm³/mol. The number of halogens is 2. The molecule has 2 amide bonds. The van der Waals surface area contributed by atoms with Crippen LogP contribution in [0.4, 0.5) is 14.9 Å². The molecule has 0 saturated carbocycles. The van der Waals surface area contributed by atoms with Crippen molar-refractivity contribution in [3.8, 4) is 0 Å². The first-order valence-corrected chi connectivity index (χ1v) is 8.55. The highest BCUT2D eigenvalue weighted by Gasteiger charge is 2.35. The van der Waals surface area contributed by atoms with E-state index in [0.717, 1.165) is 4.47 Å². The Kier molecular flexibility index (Phi) is 4.87. The van der Waals surface area contributed by atoms with E-state index in [1.54, 1.807) is 17.0 Å². The van der Waals surface area contributed by atoms with E-state index < -0.39 is 5.60 Å². The van der Waals surface area contributed by atoms with Crippen molar-refractivity contribution in [2.45, 2.75) is 18.4 Å². The number of urea groups is 1. The summed E-state index contributed by atoms with van der Waals surface area (Å²) < 4.78 is 13.9. The Labute approximate surface area is 148 Å². The number of likely N-dealkylation sites (tertiary alicyclic amines) is 1. The smallest absolute Gasteiger partial charge is 0.321 e. The number of rotatable bonds is 2. The highest BCUT2D eigenvalue weighted by atomic mass is 79.9. The Bertz CT molecular complexity index is 728. The fourth-order valence-corrected chi connectivity index (χ4v) is 3.30. The minimum atomic E-state index is -1.01. The first-order chi connectivity index (χ1) is 11.5. The van der Waals surface area contributed by atoms with Crippen LogP contribution in [0.25, 0.3) is 0 Å². The van der Waals surface area contributed by atoms with Crippen LogP contribution >= 0.6 is 15.9 Å². The molecule has 0 aliphatic carbocycles. The van der Waals surface area contributed by atoms with Crippen molar-refractivity contribution in [1.82, 2.24) is 4.90 Å². The number of anilines is 1. The van der Waals surface area contributed by atoms with Gasteiger partial charge in [-0.1, -0.05) is 34.1 Å². The van der Waals surface area contributed by atoms with Crippen molar-refractivity contribution in [2.75, 3.05) is 18.4 Å². The second kappa shape index (κ2) is 6.91. The van der Waals surface area contributed by atoms with Crippen LogP contribution in [-0.2, 0) is 5.60 Å². The lowest BCUT2D eigenvalue weighted by Crippen LogP contribution is -2.46. The molecule has 2 aromatic rings. The SMILES string of the molecule is O=C(Nc1cccc(Br)c1)N1CCC(O)(c2ccc(F)cc2)CC1. The Morgan fingerprint density at radius 3 is 2.46 bits per heavy atom. The monoisotopic (exact) mass is 392 g/mol. The lowest BCUT2D eigenvalue weighted by Gasteiger charge is -2.38. The molecule has 2 N–H and O–H groups in total. The molecule has 0 atom stereocenters. The first kappa shape index (κ1) is 16.9. The summed E-state index contributed by atoms with van der Waals surface area (Å²) >= 11 is 3.37. The molecule has 3 rings (SSSR count). The lowest BCUT2D eigenvalue weighted by atomic mass is 9.84. The third-order valence-corrected chi connectivity index (χ3v) is 4.83. The fraction of sp³-hybridized carbons (Fsp3) is 0.278. The number of carbonyl (C=O) groups excluding carboxylic acids is 1. The Hall–Kier alpha value is -1.92. The van der Waals surface area contributed by atoms with E-state index >= 15 is 0 Å². The summed E-state index contributed by atoms with van der Waals surface area (Å²) in [6.45, 7) is 0.876. The van der Waals surface area contributed by atoms with Crippen LogP contribution in [0.2, 0.25) is 0 Å². The van der Waals surface area contributed by atoms with Gasteiger partial charge in [-0.2, -0.15) is 0 Å². The maximum Gasteiger partial charge on any atom is 0.321 e. The number of hydrogen-bond acceptors (Lipinski definition) is 2. The molecular formula is C18H18BrFN2O2. The highest BCUT2D eigenvalue weighted by Crippen LogP contribution is 2.33. The number of nitrogens with one attached hydrogen (secondary N) is 1. The normalized spacial score (nSPS) is 16.7. The van der Waals surface area contributed by atoms with Gasteiger partial charge in [0.15, 0.2) is 0 Å². The molecule has 0 aromatic heterocycles. The van der Waals surface area contributed by atoms with Crippen LogP contribution in [0.3, 0.4) is 0 Å². The molecule has 0 spiro atoms. The molecule has 6 heteroatoms. The second-order valence-electron chi connectivity index (χ2n) is 5.97. The number of aliphatic hydroxyl groups is 1. The van der Waals surface area contributed by atoms with Gasteiger partial charge in [-0.3, -0.25) is 0 Å². The maximum atomic E-state index is 13.0. The van der Waals surface area contributed by atoms with Gasteiger partial charge in [0.05, 0.1) is 5.60 Å². The van der Waals surface area contributed by atoms with Gasteiger partial charge in [-0.25, -0.2) is 9.18 Å². The van der Waals surface area contributed by atoms with Gasteiger partial charge in [0.1, 0.15) is 5.82 Å². The average Bonchev–Trinajstić information content (AvgIpc) is 2.56. The zero-order valence-corrected chi connectivity index (χ0v) is 14.6. The maximum absolute atomic E-state index is 13.0. The molecule has 0 unspecified atom stereocenters. The molecule has 1 heterocycles. The first-order valence-electron chi connectivity index (χ1n) is 7.76. The van der Waals surface area contributed by atoms with E-state index in [9.17, 15) is 14.3 Å². The number of amides is 2. The van der Waals surface area contributed by atoms with Crippen LogP contribution in [0.1, 0.15) is 18.4 Å². The largest absolute Gasteiger partial charge is 0.385 e. The molecule has 126 valence electrons. The zero-order valence-electron chi connectivity index (χ0n) is 13.0. The minimum Gasteiger partial charge on any atom is -0.385 e. The summed E-state index contributed by atoms with van der Waals surface area (Å²) in [5, 5.41) is 13.6. The summed E-state index contributed by atoms with van der Waals surface area (Å²) in [4.78, 5) is 14.0. The van der Waals surface area contributed by atoms with Gasteiger partial charge in [-0.05, 0) is 48.7 Å². The van der Waals surface area contributed by atoms with Crippen molar-refractivity contribution < 1.29 is 14.3 Å². The summed E-state index contributed by atoms with van der Waals surface area (Å²) in [6, 6.07) is 13.1. The van der Waals surface area contributed by atoms with E-state index in [1.165, 1.54) is 12.1 Å². The molecule has 1 aliphatic heterocycles. The van der Waals surface area contributed by atoms with Gasteiger partial charge in [-0.15, -0.1) is 0 Å². The van der Waals surface area contributed by atoms with Gasteiger partial charge in [0, 0.05) is 23.2 Å². The molecular weight excluding hydrogens is 375 g/mol. The summed E-state index contributed by atoms with van der Waals surface area (Å²) in [5.41, 5.74) is 0.393. The van der Waals surface area contributed by atoms with E-state index in [4.69, 9.17) is 0 Å². The summed E-state index contributed by atoms with van der Waals surface area (Å²) in [5.74, 6) is -0.326. The molecule has 24 heavy (non-hydrogen) atoms. The van der Waals surface area contributed by atoms with Gasteiger partial charge in [0.25, 0.3) is 0 Å². The number of carbonyl (C=O) groups is 1. The van der Waals surface area contributed by atoms with Crippen LogP contribution in [0.15, 0.2) is 53.0 Å². The standard InChI is InChI=1S/C18H18BrFN2O2/c19-14-2-1-3-16(12-14)21-17(23)22-10-8-18(24,9-11-22)13-4-6-15(20)7-5-13/h1-7,12,24H,8-11H2,(H,21,23). The Morgan fingerprint density at radius 2 is 1.83 bits per heavy atom. The molecule has 0 bridgehead atoms. The lowest BCUT2D eigenvalue weighted by molar-refractivity contribution is -0.0157. The van der Waals surface area contributed by atoms with Crippen molar-refractivity contribution in [1.29, 1.82) is 0 Å². The summed E-state index contributed by atoms with van der Waals surface area (Å²) in [7, 11) is 0. The third-order valence-electron chi connectivity index (χ3n) is 4.34. The predicted octanol–water partition coefficient (Wildman–Crippen LogP) is 4.10. The average molecular weight is 393 g/mol. The van der Waals surface area contributed by atoms with Crippen molar-refractivity contribution >= 4 is 27.6 Å². The van der Waals surface area contributed by atoms with E-state index in [0.29, 0.717) is 37.2 Å². The van der Waals surface area contributed by atoms with Gasteiger partial charge >= 0.3 is 6.03 Å². The third kappa shape index (κ3) is 3.76. The van der Waals surface area contributed by atoms with Crippen molar-refractivity contribution in [2.24, 2.45) is 0 Å². The van der Waals surface area contributed by atoms with Crippen molar-refractivity contribution in [3.63, 3.8) is 0 Å². The van der Waals surface area contributed by atoms with E-state index in [-0.39, 0.29) is 11.8 Å². The molecule has 2 aromatic carbocycles. The number of nitrogens with zero attached hydrogens (tertiary/aromatic N) is 1. The number of hydrogen-bond donors (Lipinski definition) is 2. The zero-order chi connectivity index (χ0) is 17.2. The fourth-order valence-electron chi connectivity index (χ4n) is 2.90. The topological polar surface area (TPSA) is 52.6 Å². The Balaban J connectivity index is 1.62. The highest BCUT2D eigenvalue weighted by molar-refractivity contribution is 9.10. The quantitative estimate of drug-likeness (QED) is 0.807. The number of piperidine rings is 1. The Morgan fingerprint density at radius 1 is 1.17 bits per heavy atom. The van der Waals surface area contributed by atoms with Gasteiger partial charge < -0.3 is 15.3 Å². The van der Waals surface area contributed by atoms with E-state index in [1.807, 2.05) is 24.3 Å². The number of benzene rings is 2. The summed E-state index contributed by atoms with van der Waals surface area (Å²) in [6.07, 6.45) is 0.842. The van der Waals surface area contributed by atoms with Crippen LogP contribution in [-0.4, -0.2) is 29.1 Å². The molecule has 1 fully saturated rings. The van der Waals surface area contributed by atoms with Crippen LogP contribution in [0.5, 0.6) is 0 Å². The molecule has 0 radical (unpaired) electrons. The molecule has 1 aliphatic rings. The van der Waals surface area contributed by atoms with Crippen molar-refractivity contribution in [3.05, 3.63) is 64.4 Å². The van der Waals surface area contributed by atoms with E-state index in [2.05, 4.69) is 21.2 Å². The molecule has 1 saturated heterocycles. The minimum absolute atomic E-state index is 0.186. The second-order valence-corrected chi connectivity index (χ2v) is 6.88. The van der Waals surface area contributed by atoms with Crippen LogP contribution in [0, 0.1) is 5.82 Å². The molecule has 4 nitrogen and oxygen atoms in total. The van der Waals surface area contributed by atoms with Crippen LogP contribution < -0.4 is 5.32 Å².